The quantitative estimate of drug-likeness (QED) is 0.836. The second kappa shape index (κ2) is 6.37. The van der Waals surface area contributed by atoms with Crippen molar-refractivity contribution in [1.29, 1.82) is 0 Å². The summed E-state index contributed by atoms with van der Waals surface area (Å²) in [5.74, 6) is 0.0751. The summed E-state index contributed by atoms with van der Waals surface area (Å²) in [6, 6.07) is 6.42. The van der Waals surface area contributed by atoms with E-state index in [-0.39, 0.29) is 5.91 Å². The molecule has 0 radical (unpaired) electrons. The number of rotatable bonds is 2. The molecule has 0 spiro atoms. The molecule has 3 rings (SSSR count). The normalized spacial score (nSPS) is 21.0. The van der Waals surface area contributed by atoms with E-state index in [4.69, 9.17) is 11.6 Å². The highest BCUT2D eigenvalue weighted by Crippen LogP contribution is 2.25. The number of aryl methyl sites for hydroxylation is 1. The third-order valence-corrected chi connectivity index (χ3v) is 5.11. The molecule has 3 nitrogen and oxygen atoms in total. The Bertz CT molecular complexity index is 518. The van der Waals surface area contributed by atoms with Gasteiger partial charge in [0.25, 0.3) is 5.91 Å². The zero-order valence-corrected chi connectivity index (χ0v) is 13.4. The average Bonchev–Trinajstić information content (AvgIpc) is 3.01. The molecule has 1 aliphatic heterocycles. The van der Waals surface area contributed by atoms with E-state index in [2.05, 4.69) is 4.90 Å². The number of carbonyl (C=O) groups excluding carboxylic acids is 1. The number of benzene rings is 1. The Morgan fingerprint density at radius 2 is 1.81 bits per heavy atom. The van der Waals surface area contributed by atoms with Gasteiger partial charge in [-0.25, -0.2) is 0 Å². The molecule has 21 heavy (non-hydrogen) atoms. The largest absolute Gasteiger partial charge is 0.336 e. The van der Waals surface area contributed by atoms with Gasteiger partial charge in [0.15, 0.2) is 0 Å². The summed E-state index contributed by atoms with van der Waals surface area (Å²) in [5.41, 5.74) is 1.72. The molecule has 1 aromatic rings. The third kappa shape index (κ3) is 3.24. The molecular formula is C17H23ClN2O. The number of nitrogens with zero attached hydrogens (tertiary/aromatic N) is 2. The van der Waals surface area contributed by atoms with Crippen LogP contribution in [0.3, 0.4) is 0 Å². The Hall–Kier alpha value is -1.06. The van der Waals surface area contributed by atoms with E-state index >= 15 is 0 Å². The third-order valence-electron chi connectivity index (χ3n) is 4.80. The van der Waals surface area contributed by atoms with Crippen molar-refractivity contribution in [2.75, 3.05) is 26.2 Å². The second-order valence-electron chi connectivity index (χ2n) is 6.25. The van der Waals surface area contributed by atoms with Crippen LogP contribution in [-0.4, -0.2) is 47.9 Å². The highest BCUT2D eigenvalue weighted by Gasteiger charge is 2.28. The van der Waals surface area contributed by atoms with Gasteiger partial charge in [-0.15, -0.1) is 0 Å². The Morgan fingerprint density at radius 3 is 2.43 bits per heavy atom. The van der Waals surface area contributed by atoms with Crippen molar-refractivity contribution in [1.82, 2.24) is 9.80 Å². The predicted molar refractivity (Wildman–Crippen MR) is 85.9 cm³/mol. The van der Waals surface area contributed by atoms with Gasteiger partial charge in [0.2, 0.25) is 0 Å². The lowest BCUT2D eigenvalue weighted by atomic mass is 10.1. The zero-order chi connectivity index (χ0) is 14.8. The van der Waals surface area contributed by atoms with Gasteiger partial charge in [0, 0.05) is 32.2 Å². The van der Waals surface area contributed by atoms with Crippen molar-refractivity contribution in [3.63, 3.8) is 0 Å². The maximum Gasteiger partial charge on any atom is 0.255 e. The fourth-order valence-corrected chi connectivity index (χ4v) is 3.84. The van der Waals surface area contributed by atoms with E-state index in [9.17, 15) is 4.79 Å². The Kier molecular flexibility index (Phi) is 4.51. The van der Waals surface area contributed by atoms with E-state index in [1.165, 1.54) is 25.7 Å². The minimum absolute atomic E-state index is 0.0751. The molecule has 0 aromatic heterocycles. The Balaban J connectivity index is 1.62. The molecule has 1 amide bonds. The summed E-state index contributed by atoms with van der Waals surface area (Å²) < 4.78 is 0. The molecular weight excluding hydrogens is 284 g/mol. The number of amides is 1. The van der Waals surface area contributed by atoms with Crippen molar-refractivity contribution in [3.05, 3.63) is 34.3 Å². The molecule has 1 aliphatic carbocycles. The molecule has 0 N–H and O–H groups in total. The summed E-state index contributed by atoms with van der Waals surface area (Å²) in [6.45, 7) is 5.62. The van der Waals surface area contributed by atoms with Gasteiger partial charge in [-0.3, -0.25) is 9.69 Å². The highest BCUT2D eigenvalue weighted by molar-refractivity contribution is 6.33. The van der Waals surface area contributed by atoms with Crippen LogP contribution in [0.15, 0.2) is 18.2 Å². The van der Waals surface area contributed by atoms with E-state index in [0.717, 1.165) is 37.8 Å². The first-order valence-electron chi connectivity index (χ1n) is 7.94. The lowest BCUT2D eigenvalue weighted by molar-refractivity contribution is 0.0573. The van der Waals surface area contributed by atoms with Crippen molar-refractivity contribution >= 4 is 17.5 Å². The maximum absolute atomic E-state index is 12.6. The molecule has 2 fully saturated rings. The topological polar surface area (TPSA) is 23.6 Å². The van der Waals surface area contributed by atoms with Crippen LogP contribution in [0.1, 0.15) is 41.6 Å². The van der Waals surface area contributed by atoms with Crippen molar-refractivity contribution in [3.8, 4) is 0 Å². The van der Waals surface area contributed by atoms with Gasteiger partial charge in [-0.1, -0.05) is 30.5 Å². The van der Waals surface area contributed by atoms with Crippen molar-refractivity contribution < 1.29 is 4.79 Å². The molecule has 2 aliphatic rings. The van der Waals surface area contributed by atoms with Crippen LogP contribution in [0.4, 0.5) is 0 Å². The number of piperazine rings is 1. The molecule has 1 saturated heterocycles. The van der Waals surface area contributed by atoms with Crippen LogP contribution in [-0.2, 0) is 0 Å². The smallest absolute Gasteiger partial charge is 0.255 e. The zero-order valence-electron chi connectivity index (χ0n) is 12.6. The Morgan fingerprint density at radius 1 is 1.14 bits per heavy atom. The summed E-state index contributed by atoms with van der Waals surface area (Å²) in [4.78, 5) is 17.1. The van der Waals surface area contributed by atoms with Gasteiger partial charge in [-0.05, 0) is 37.5 Å². The molecule has 114 valence electrons. The van der Waals surface area contributed by atoms with Crippen LogP contribution in [0.5, 0.6) is 0 Å². The van der Waals surface area contributed by atoms with Crippen LogP contribution < -0.4 is 0 Å². The van der Waals surface area contributed by atoms with Gasteiger partial charge >= 0.3 is 0 Å². The SMILES string of the molecule is Cc1ccc(C(=O)N2CCN(C3CCCC3)CC2)c(Cl)c1. The fraction of sp³-hybridized carbons (Fsp3) is 0.588. The Labute approximate surface area is 131 Å². The molecule has 1 heterocycles. The summed E-state index contributed by atoms with van der Waals surface area (Å²) in [6.07, 6.45) is 5.39. The first-order valence-corrected chi connectivity index (χ1v) is 8.32. The number of halogens is 1. The number of carbonyl (C=O) groups is 1. The number of hydrogen-bond acceptors (Lipinski definition) is 2. The molecule has 0 bridgehead atoms. The maximum atomic E-state index is 12.6. The molecule has 4 heteroatoms. The monoisotopic (exact) mass is 306 g/mol. The second-order valence-corrected chi connectivity index (χ2v) is 6.66. The minimum Gasteiger partial charge on any atom is -0.336 e. The van der Waals surface area contributed by atoms with Crippen LogP contribution in [0, 0.1) is 6.92 Å². The van der Waals surface area contributed by atoms with E-state index in [1.807, 2.05) is 30.0 Å². The predicted octanol–water partition coefficient (Wildman–Crippen LogP) is 3.35. The summed E-state index contributed by atoms with van der Waals surface area (Å²) in [7, 11) is 0. The minimum atomic E-state index is 0.0751. The van der Waals surface area contributed by atoms with Crippen LogP contribution >= 0.6 is 11.6 Å². The molecule has 0 unspecified atom stereocenters. The first kappa shape index (κ1) is 14.9. The highest BCUT2D eigenvalue weighted by atomic mass is 35.5. The lowest BCUT2D eigenvalue weighted by Crippen LogP contribution is -2.51. The van der Waals surface area contributed by atoms with Crippen molar-refractivity contribution in [2.45, 2.75) is 38.6 Å². The molecule has 0 atom stereocenters. The van der Waals surface area contributed by atoms with E-state index in [0.29, 0.717) is 10.6 Å². The van der Waals surface area contributed by atoms with E-state index in [1.54, 1.807) is 0 Å². The first-order chi connectivity index (χ1) is 10.1. The molecule has 1 aromatic carbocycles. The van der Waals surface area contributed by atoms with Crippen molar-refractivity contribution in [2.24, 2.45) is 0 Å². The van der Waals surface area contributed by atoms with Gasteiger partial charge < -0.3 is 4.90 Å². The van der Waals surface area contributed by atoms with Gasteiger partial charge in [-0.2, -0.15) is 0 Å². The van der Waals surface area contributed by atoms with Crippen LogP contribution in [0.25, 0.3) is 0 Å². The summed E-state index contributed by atoms with van der Waals surface area (Å²) >= 11 is 6.22. The molecule has 1 saturated carbocycles. The van der Waals surface area contributed by atoms with Gasteiger partial charge in [0.05, 0.1) is 10.6 Å². The van der Waals surface area contributed by atoms with Crippen LogP contribution in [0.2, 0.25) is 5.02 Å². The number of hydrogen-bond donors (Lipinski definition) is 0. The summed E-state index contributed by atoms with van der Waals surface area (Å²) in [5, 5.41) is 0.568. The lowest BCUT2D eigenvalue weighted by Gasteiger charge is -2.38. The van der Waals surface area contributed by atoms with Gasteiger partial charge in [0.1, 0.15) is 0 Å². The van der Waals surface area contributed by atoms with E-state index < -0.39 is 0 Å². The fourth-order valence-electron chi connectivity index (χ4n) is 3.52. The average molecular weight is 307 g/mol. The standard InChI is InChI=1S/C17H23ClN2O/c1-13-6-7-15(16(18)12-13)17(21)20-10-8-19(9-11-20)14-4-2-3-5-14/h6-7,12,14H,2-5,8-11H2,1H3.